The predicted molar refractivity (Wildman–Crippen MR) is 71.5 cm³/mol. The smallest absolute Gasteiger partial charge is 0.307 e. The maximum Gasteiger partial charge on any atom is 0.307 e. The molecular weight excluding hydrogens is 228 g/mol. The number of carbonyl (C=O) groups excluding carboxylic acids is 1. The molecule has 0 aromatic rings. The Labute approximate surface area is 110 Å². The molecule has 104 valence electrons. The first-order valence-corrected chi connectivity index (χ1v) is 7.18. The molecule has 0 bridgehead atoms. The first kappa shape index (κ1) is 13.8. The summed E-state index contributed by atoms with van der Waals surface area (Å²) in [5.41, 5.74) is -0.0644. The summed E-state index contributed by atoms with van der Waals surface area (Å²) >= 11 is 0. The van der Waals surface area contributed by atoms with Gasteiger partial charge in [0.15, 0.2) is 0 Å². The Bertz CT molecular complexity index is 304. The van der Waals surface area contributed by atoms with Gasteiger partial charge in [0.1, 0.15) is 0 Å². The van der Waals surface area contributed by atoms with Gasteiger partial charge in [0.25, 0.3) is 0 Å². The van der Waals surface area contributed by atoms with Crippen molar-refractivity contribution >= 4 is 5.97 Å². The highest BCUT2D eigenvalue weighted by Gasteiger charge is 2.47. The highest BCUT2D eigenvalue weighted by atomic mass is 16.5. The lowest BCUT2D eigenvalue weighted by Gasteiger charge is -2.30. The van der Waals surface area contributed by atoms with Gasteiger partial charge in [0.05, 0.1) is 13.5 Å². The fourth-order valence-corrected chi connectivity index (χ4v) is 3.21. The number of rotatable bonds is 6. The molecule has 1 N–H and O–H groups in total. The number of ether oxygens (including phenoxy) is 1. The SMILES string of the molecule is CCCNC1(CC(=O)OC)CC(C)N(C2CC2)C1. The van der Waals surface area contributed by atoms with Crippen LogP contribution in [0.2, 0.25) is 0 Å². The van der Waals surface area contributed by atoms with Crippen LogP contribution >= 0.6 is 0 Å². The van der Waals surface area contributed by atoms with Crippen molar-refractivity contribution in [1.29, 1.82) is 0 Å². The second-order valence-electron chi connectivity index (χ2n) is 5.92. The molecule has 0 spiro atoms. The molecule has 4 nitrogen and oxygen atoms in total. The van der Waals surface area contributed by atoms with Crippen LogP contribution in [0.15, 0.2) is 0 Å². The van der Waals surface area contributed by atoms with Crippen molar-refractivity contribution in [3.05, 3.63) is 0 Å². The number of hydrogen-bond donors (Lipinski definition) is 1. The maximum atomic E-state index is 11.7. The Hall–Kier alpha value is -0.610. The Kier molecular flexibility index (Phi) is 4.28. The Morgan fingerprint density at radius 1 is 1.50 bits per heavy atom. The topological polar surface area (TPSA) is 41.6 Å². The molecular formula is C14H26N2O2. The van der Waals surface area contributed by atoms with Gasteiger partial charge in [-0.05, 0) is 39.2 Å². The fraction of sp³-hybridized carbons (Fsp3) is 0.929. The summed E-state index contributed by atoms with van der Waals surface area (Å²) in [4.78, 5) is 14.2. The molecule has 2 fully saturated rings. The van der Waals surface area contributed by atoms with E-state index in [4.69, 9.17) is 4.74 Å². The Morgan fingerprint density at radius 2 is 2.22 bits per heavy atom. The second kappa shape index (κ2) is 5.57. The highest BCUT2D eigenvalue weighted by Crippen LogP contribution is 2.38. The molecule has 1 aliphatic carbocycles. The van der Waals surface area contributed by atoms with E-state index in [-0.39, 0.29) is 11.5 Å². The number of nitrogens with zero attached hydrogens (tertiary/aromatic N) is 1. The van der Waals surface area contributed by atoms with Crippen LogP contribution in [0.1, 0.15) is 46.0 Å². The molecule has 1 saturated heterocycles. The van der Waals surface area contributed by atoms with Crippen molar-refractivity contribution < 1.29 is 9.53 Å². The minimum Gasteiger partial charge on any atom is -0.469 e. The zero-order valence-corrected chi connectivity index (χ0v) is 11.9. The highest BCUT2D eigenvalue weighted by molar-refractivity contribution is 5.71. The van der Waals surface area contributed by atoms with E-state index in [1.807, 2.05) is 0 Å². The summed E-state index contributed by atoms with van der Waals surface area (Å²) in [6.45, 7) is 6.41. The molecule has 1 saturated carbocycles. The van der Waals surface area contributed by atoms with Gasteiger partial charge in [0.2, 0.25) is 0 Å². The second-order valence-corrected chi connectivity index (χ2v) is 5.92. The third-order valence-electron chi connectivity index (χ3n) is 4.21. The number of likely N-dealkylation sites (tertiary alicyclic amines) is 1. The maximum absolute atomic E-state index is 11.7. The van der Waals surface area contributed by atoms with Crippen LogP contribution in [0.5, 0.6) is 0 Å². The van der Waals surface area contributed by atoms with E-state index in [9.17, 15) is 4.79 Å². The van der Waals surface area contributed by atoms with Crippen LogP contribution in [0.3, 0.4) is 0 Å². The molecule has 0 amide bonds. The molecule has 1 aliphatic heterocycles. The average Bonchev–Trinajstić information content (AvgIpc) is 3.13. The average molecular weight is 254 g/mol. The number of carbonyl (C=O) groups is 1. The number of nitrogens with one attached hydrogen (secondary N) is 1. The number of esters is 1. The summed E-state index contributed by atoms with van der Waals surface area (Å²) in [5, 5.41) is 3.61. The monoisotopic (exact) mass is 254 g/mol. The lowest BCUT2D eigenvalue weighted by molar-refractivity contribution is -0.142. The minimum absolute atomic E-state index is 0.0644. The van der Waals surface area contributed by atoms with E-state index in [0.29, 0.717) is 12.5 Å². The molecule has 0 radical (unpaired) electrons. The lowest BCUT2D eigenvalue weighted by atomic mass is 9.92. The van der Waals surface area contributed by atoms with Crippen molar-refractivity contribution in [3.63, 3.8) is 0 Å². The first-order chi connectivity index (χ1) is 8.60. The van der Waals surface area contributed by atoms with Crippen molar-refractivity contribution in [3.8, 4) is 0 Å². The van der Waals surface area contributed by atoms with Crippen LogP contribution in [0, 0.1) is 0 Å². The molecule has 0 aromatic carbocycles. The van der Waals surface area contributed by atoms with Gasteiger partial charge < -0.3 is 10.1 Å². The summed E-state index contributed by atoms with van der Waals surface area (Å²) in [6, 6.07) is 1.34. The Balaban J connectivity index is 2.02. The standard InChI is InChI=1S/C14H26N2O2/c1-4-7-15-14(9-13(17)18-3)8-11(2)16(10-14)12-5-6-12/h11-12,15H,4-10H2,1-3H3. The summed E-state index contributed by atoms with van der Waals surface area (Å²) in [7, 11) is 1.48. The normalized spacial score (nSPS) is 32.7. The van der Waals surface area contributed by atoms with Crippen LogP contribution in [-0.2, 0) is 9.53 Å². The van der Waals surface area contributed by atoms with Crippen molar-refractivity contribution in [2.24, 2.45) is 0 Å². The van der Waals surface area contributed by atoms with Crippen molar-refractivity contribution in [2.45, 2.75) is 63.6 Å². The van der Waals surface area contributed by atoms with Gasteiger partial charge in [0, 0.05) is 24.2 Å². The van der Waals surface area contributed by atoms with Gasteiger partial charge in [-0.25, -0.2) is 0 Å². The molecule has 1 heterocycles. The van der Waals surface area contributed by atoms with Gasteiger partial charge >= 0.3 is 5.97 Å². The lowest BCUT2D eigenvalue weighted by Crippen LogP contribution is -2.49. The van der Waals surface area contributed by atoms with Crippen LogP contribution < -0.4 is 5.32 Å². The quantitative estimate of drug-likeness (QED) is 0.730. The molecule has 4 heteroatoms. The van der Waals surface area contributed by atoms with E-state index in [1.54, 1.807) is 0 Å². The number of methoxy groups -OCH3 is 1. The van der Waals surface area contributed by atoms with Gasteiger partial charge in [-0.2, -0.15) is 0 Å². The summed E-state index contributed by atoms with van der Waals surface area (Å²) in [5.74, 6) is -0.0940. The molecule has 18 heavy (non-hydrogen) atoms. The van der Waals surface area contributed by atoms with Crippen molar-refractivity contribution in [2.75, 3.05) is 20.2 Å². The largest absolute Gasteiger partial charge is 0.469 e. The Morgan fingerprint density at radius 3 is 2.78 bits per heavy atom. The molecule has 0 aromatic heterocycles. The van der Waals surface area contributed by atoms with Crippen LogP contribution in [0.4, 0.5) is 0 Å². The van der Waals surface area contributed by atoms with Gasteiger partial charge in [-0.3, -0.25) is 9.69 Å². The van der Waals surface area contributed by atoms with E-state index in [1.165, 1.54) is 20.0 Å². The minimum atomic E-state index is -0.0940. The first-order valence-electron chi connectivity index (χ1n) is 7.18. The fourth-order valence-electron chi connectivity index (χ4n) is 3.21. The van der Waals surface area contributed by atoms with Crippen LogP contribution in [-0.4, -0.2) is 48.7 Å². The van der Waals surface area contributed by atoms with E-state index in [2.05, 4.69) is 24.1 Å². The van der Waals surface area contributed by atoms with E-state index < -0.39 is 0 Å². The van der Waals surface area contributed by atoms with Crippen LogP contribution in [0.25, 0.3) is 0 Å². The molecule has 2 aliphatic rings. The van der Waals surface area contributed by atoms with E-state index >= 15 is 0 Å². The zero-order valence-electron chi connectivity index (χ0n) is 11.9. The van der Waals surface area contributed by atoms with Gasteiger partial charge in [-0.1, -0.05) is 6.92 Å². The molecule has 2 rings (SSSR count). The third kappa shape index (κ3) is 3.04. The molecule has 2 atom stereocenters. The third-order valence-corrected chi connectivity index (χ3v) is 4.21. The summed E-state index contributed by atoms with van der Waals surface area (Å²) in [6.07, 6.45) is 5.30. The number of hydrogen-bond acceptors (Lipinski definition) is 4. The van der Waals surface area contributed by atoms with Gasteiger partial charge in [-0.15, -0.1) is 0 Å². The molecule has 2 unspecified atom stereocenters. The van der Waals surface area contributed by atoms with Crippen molar-refractivity contribution in [1.82, 2.24) is 10.2 Å². The predicted octanol–water partition coefficient (Wildman–Crippen LogP) is 1.54. The van der Waals surface area contributed by atoms with E-state index in [0.717, 1.165) is 32.0 Å². The zero-order chi connectivity index (χ0) is 13.2. The summed E-state index contributed by atoms with van der Waals surface area (Å²) < 4.78 is 4.87.